The molecular formula is C27H27NO7. The quantitative estimate of drug-likeness (QED) is 0.328. The summed E-state index contributed by atoms with van der Waals surface area (Å²) in [6, 6.07) is 14.7. The van der Waals surface area contributed by atoms with Crippen molar-refractivity contribution in [3.63, 3.8) is 0 Å². The molecule has 0 aliphatic carbocycles. The molecule has 8 nitrogen and oxygen atoms in total. The van der Waals surface area contributed by atoms with Crippen LogP contribution in [-0.2, 0) is 36.8 Å². The number of carbonyl (C=O) groups is 3. The van der Waals surface area contributed by atoms with Crippen molar-refractivity contribution in [3.05, 3.63) is 71.8 Å². The second kappa shape index (κ2) is 9.19. The van der Waals surface area contributed by atoms with Gasteiger partial charge in [-0.05, 0) is 41.8 Å². The average Bonchev–Trinajstić information content (AvgIpc) is 3.52. The van der Waals surface area contributed by atoms with Crippen molar-refractivity contribution in [3.8, 4) is 11.5 Å². The molecule has 3 aliphatic rings. The van der Waals surface area contributed by atoms with Crippen molar-refractivity contribution >= 4 is 17.8 Å². The van der Waals surface area contributed by atoms with E-state index >= 15 is 0 Å². The lowest BCUT2D eigenvalue weighted by molar-refractivity contribution is -0.151. The van der Waals surface area contributed by atoms with Crippen molar-refractivity contribution in [2.75, 3.05) is 20.8 Å². The minimum absolute atomic E-state index is 0.110. The number of amides is 1. The molecular weight excluding hydrogens is 450 g/mol. The van der Waals surface area contributed by atoms with Crippen molar-refractivity contribution in [2.45, 2.75) is 31.1 Å². The summed E-state index contributed by atoms with van der Waals surface area (Å²) in [5.74, 6) is -0.787. The second-order valence-corrected chi connectivity index (χ2v) is 9.08. The first-order valence-corrected chi connectivity index (χ1v) is 11.6. The molecule has 0 saturated carbocycles. The van der Waals surface area contributed by atoms with Gasteiger partial charge in [-0.3, -0.25) is 14.4 Å². The van der Waals surface area contributed by atoms with Gasteiger partial charge in [-0.1, -0.05) is 36.4 Å². The highest BCUT2D eigenvalue weighted by molar-refractivity contribution is 5.91. The van der Waals surface area contributed by atoms with Crippen LogP contribution >= 0.6 is 0 Å². The number of nitrogens with zero attached hydrogens (tertiary/aromatic N) is 1. The van der Waals surface area contributed by atoms with Crippen LogP contribution in [0.25, 0.3) is 0 Å². The number of likely N-dealkylation sites (tertiary alicyclic amines) is 1. The van der Waals surface area contributed by atoms with Crippen molar-refractivity contribution in [1.82, 2.24) is 4.90 Å². The minimum atomic E-state index is -0.764. The van der Waals surface area contributed by atoms with Crippen LogP contribution in [0.5, 0.6) is 11.5 Å². The summed E-state index contributed by atoms with van der Waals surface area (Å²) in [5.41, 5.74) is 1.15. The van der Waals surface area contributed by atoms with Gasteiger partial charge >= 0.3 is 11.9 Å². The monoisotopic (exact) mass is 477 g/mol. The summed E-state index contributed by atoms with van der Waals surface area (Å²) >= 11 is 0. The zero-order valence-electron chi connectivity index (χ0n) is 19.6. The maximum atomic E-state index is 13.2. The Bertz CT molecular complexity index is 1160. The summed E-state index contributed by atoms with van der Waals surface area (Å²) in [7, 11) is 2.94. The van der Waals surface area contributed by atoms with Gasteiger partial charge < -0.3 is 23.8 Å². The van der Waals surface area contributed by atoms with E-state index in [4.69, 9.17) is 18.9 Å². The Kier molecular flexibility index (Phi) is 6.06. The average molecular weight is 478 g/mol. The third kappa shape index (κ3) is 4.30. The van der Waals surface area contributed by atoms with Gasteiger partial charge in [0.2, 0.25) is 5.91 Å². The molecule has 35 heavy (non-hydrogen) atoms. The first-order chi connectivity index (χ1) is 16.9. The number of hydrogen-bond donors (Lipinski definition) is 0. The van der Waals surface area contributed by atoms with Gasteiger partial charge in [0.1, 0.15) is 23.0 Å². The van der Waals surface area contributed by atoms with Crippen LogP contribution in [0.2, 0.25) is 0 Å². The predicted octanol–water partition coefficient (Wildman–Crippen LogP) is 2.69. The fraction of sp³-hybridized carbons (Fsp3) is 0.370. The highest BCUT2D eigenvalue weighted by Crippen LogP contribution is 2.52. The number of carbonyl (C=O) groups excluding carboxylic acids is 3. The zero-order valence-corrected chi connectivity index (χ0v) is 19.6. The van der Waals surface area contributed by atoms with Crippen molar-refractivity contribution in [2.24, 2.45) is 11.8 Å². The van der Waals surface area contributed by atoms with Gasteiger partial charge in [0.15, 0.2) is 0 Å². The van der Waals surface area contributed by atoms with Crippen LogP contribution in [0.3, 0.4) is 0 Å². The number of ether oxygens (including phenoxy) is 4. The molecule has 1 amide bonds. The van der Waals surface area contributed by atoms with Crippen LogP contribution < -0.4 is 9.47 Å². The normalized spacial score (nSPS) is 26.1. The van der Waals surface area contributed by atoms with Gasteiger partial charge in [0.25, 0.3) is 0 Å². The molecule has 2 bridgehead atoms. The molecule has 4 atom stereocenters. The molecule has 2 aromatic rings. The second-order valence-electron chi connectivity index (χ2n) is 9.08. The predicted molar refractivity (Wildman–Crippen MR) is 125 cm³/mol. The van der Waals surface area contributed by atoms with E-state index in [1.54, 1.807) is 24.1 Å². The van der Waals surface area contributed by atoms with Gasteiger partial charge in [0, 0.05) is 13.0 Å². The van der Waals surface area contributed by atoms with Crippen LogP contribution in [0.1, 0.15) is 17.5 Å². The van der Waals surface area contributed by atoms with Crippen LogP contribution in [0.15, 0.2) is 60.7 Å². The van der Waals surface area contributed by atoms with E-state index in [1.165, 1.54) is 7.11 Å². The molecule has 0 radical (unpaired) electrons. The van der Waals surface area contributed by atoms with Crippen molar-refractivity contribution in [1.29, 1.82) is 0 Å². The third-order valence-corrected chi connectivity index (χ3v) is 6.96. The summed E-state index contributed by atoms with van der Waals surface area (Å²) < 4.78 is 21.6. The lowest BCUT2D eigenvalue weighted by Crippen LogP contribution is -2.39. The number of rotatable bonds is 8. The SMILES string of the molecule is COC(=O)[C@H]1[C@H]2C(=O)N(Cc3ccc(OC(=O)CCc4ccc(OC)cc4)cc3)C[C@@]23C=C[C@H]1O3. The molecule has 3 aliphatic heterocycles. The molecule has 2 aromatic carbocycles. The summed E-state index contributed by atoms with van der Waals surface area (Å²) in [6.45, 7) is 0.762. The Hall–Kier alpha value is -3.65. The highest BCUT2D eigenvalue weighted by Gasteiger charge is 2.67. The third-order valence-electron chi connectivity index (χ3n) is 6.96. The molecule has 0 unspecified atom stereocenters. The Morgan fingerprint density at radius 1 is 1.03 bits per heavy atom. The summed E-state index contributed by atoms with van der Waals surface area (Å²) in [5, 5.41) is 0. The van der Waals surface area contributed by atoms with E-state index < -0.39 is 29.5 Å². The Morgan fingerprint density at radius 3 is 2.40 bits per heavy atom. The maximum absolute atomic E-state index is 13.2. The first-order valence-electron chi connectivity index (χ1n) is 11.6. The Morgan fingerprint density at radius 2 is 1.71 bits per heavy atom. The van der Waals surface area contributed by atoms with E-state index in [0.717, 1.165) is 16.9 Å². The molecule has 1 spiro atoms. The van der Waals surface area contributed by atoms with Crippen LogP contribution in [0, 0.1) is 11.8 Å². The van der Waals surface area contributed by atoms with E-state index in [9.17, 15) is 14.4 Å². The van der Waals surface area contributed by atoms with Gasteiger partial charge in [-0.25, -0.2) is 0 Å². The fourth-order valence-electron chi connectivity index (χ4n) is 5.22. The number of benzene rings is 2. The molecule has 3 heterocycles. The Labute approximate surface area is 203 Å². The van der Waals surface area contributed by atoms with Gasteiger partial charge in [-0.2, -0.15) is 0 Å². The number of aryl methyl sites for hydroxylation is 1. The van der Waals surface area contributed by atoms with Gasteiger partial charge in [0.05, 0.1) is 32.8 Å². The fourth-order valence-corrected chi connectivity index (χ4v) is 5.22. The van der Waals surface area contributed by atoms with E-state index in [-0.39, 0.29) is 18.3 Å². The first kappa shape index (κ1) is 23.1. The molecule has 5 rings (SSSR count). The minimum Gasteiger partial charge on any atom is -0.497 e. The van der Waals surface area contributed by atoms with Crippen molar-refractivity contribution < 1.29 is 33.3 Å². The molecule has 2 saturated heterocycles. The number of methoxy groups -OCH3 is 2. The maximum Gasteiger partial charge on any atom is 0.312 e. The largest absolute Gasteiger partial charge is 0.497 e. The Balaban J connectivity index is 1.16. The smallest absolute Gasteiger partial charge is 0.312 e. The number of esters is 2. The molecule has 2 fully saturated rings. The molecule has 8 heteroatoms. The van der Waals surface area contributed by atoms with E-state index in [2.05, 4.69) is 0 Å². The summed E-state index contributed by atoms with van der Waals surface area (Å²) in [6.07, 6.45) is 4.19. The standard InChI is InChI=1S/C27H27NO7/c1-32-19-8-3-17(4-9-19)7-12-22(29)34-20-10-5-18(6-11-20)15-28-16-27-14-13-21(35-27)23(26(31)33-2)24(27)25(28)30/h3-6,8-11,13-14,21,23-24H,7,12,15-16H2,1-2H3/t21-,23-,24+,27+/m1/s1. The lowest BCUT2D eigenvalue weighted by atomic mass is 9.77. The zero-order chi connectivity index (χ0) is 24.6. The van der Waals surface area contributed by atoms with E-state index in [0.29, 0.717) is 25.3 Å². The number of fused-ring (bicyclic) bond motifs is 1. The van der Waals surface area contributed by atoms with Gasteiger partial charge in [-0.15, -0.1) is 0 Å². The van der Waals surface area contributed by atoms with Crippen LogP contribution in [0.4, 0.5) is 0 Å². The lowest BCUT2D eigenvalue weighted by Gasteiger charge is -2.22. The topological polar surface area (TPSA) is 91.4 Å². The molecule has 182 valence electrons. The van der Waals surface area contributed by atoms with Crippen LogP contribution in [-0.4, -0.2) is 55.2 Å². The highest BCUT2D eigenvalue weighted by atomic mass is 16.5. The molecule has 0 N–H and O–H groups in total. The number of hydrogen-bond acceptors (Lipinski definition) is 7. The summed E-state index contributed by atoms with van der Waals surface area (Å²) in [4.78, 5) is 39.4. The molecule has 0 aromatic heterocycles. The van der Waals surface area contributed by atoms with E-state index in [1.807, 2.05) is 48.6 Å².